The van der Waals surface area contributed by atoms with E-state index in [1.165, 1.54) is 13.2 Å². The predicted molar refractivity (Wildman–Crippen MR) is 69.0 cm³/mol. The van der Waals surface area contributed by atoms with E-state index in [0.29, 0.717) is 11.8 Å². The Morgan fingerprint density at radius 2 is 2.41 bits per heavy atom. The van der Waals surface area contributed by atoms with Gasteiger partial charge in [0.15, 0.2) is 5.75 Å². The summed E-state index contributed by atoms with van der Waals surface area (Å²) in [6, 6.07) is 5.38. The van der Waals surface area contributed by atoms with Gasteiger partial charge in [-0.25, -0.2) is 0 Å². The SMILES string of the molecule is COc1ccc(NC2CCSC2)cc1[N+](=O)[O-]. The second-order valence-corrected chi connectivity index (χ2v) is 5.00. The number of benzene rings is 1. The summed E-state index contributed by atoms with van der Waals surface area (Å²) in [5.41, 5.74) is 0.785. The van der Waals surface area contributed by atoms with Gasteiger partial charge in [0.2, 0.25) is 0 Å². The average Bonchev–Trinajstić information content (AvgIpc) is 2.81. The van der Waals surface area contributed by atoms with Crippen molar-refractivity contribution >= 4 is 23.1 Å². The second-order valence-electron chi connectivity index (χ2n) is 3.85. The van der Waals surface area contributed by atoms with E-state index in [4.69, 9.17) is 4.74 Å². The van der Waals surface area contributed by atoms with Crippen molar-refractivity contribution in [3.8, 4) is 5.75 Å². The standard InChI is InChI=1S/C11H14N2O3S/c1-16-11-3-2-8(6-10(11)13(14)15)12-9-4-5-17-7-9/h2-3,6,9,12H,4-5,7H2,1H3. The minimum Gasteiger partial charge on any atom is -0.490 e. The molecule has 5 nitrogen and oxygen atoms in total. The van der Waals surface area contributed by atoms with Crippen LogP contribution in [0.1, 0.15) is 6.42 Å². The van der Waals surface area contributed by atoms with Crippen LogP contribution < -0.4 is 10.1 Å². The maximum absolute atomic E-state index is 10.9. The van der Waals surface area contributed by atoms with E-state index in [9.17, 15) is 10.1 Å². The molecule has 1 aliphatic rings. The lowest BCUT2D eigenvalue weighted by Crippen LogP contribution is -2.18. The molecular weight excluding hydrogens is 240 g/mol. The van der Waals surface area contributed by atoms with E-state index in [2.05, 4.69) is 5.32 Å². The summed E-state index contributed by atoms with van der Waals surface area (Å²) >= 11 is 1.90. The average molecular weight is 254 g/mol. The first-order valence-corrected chi connectivity index (χ1v) is 6.53. The van der Waals surface area contributed by atoms with Crippen molar-refractivity contribution in [3.63, 3.8) is 0 Å². The molecule has 0 amide bonds. The van der Waals surface area contributed by atoms with Crippen molar-refractivity contribution in [3.05, 3.63) is 28.3 Å². The van der Waals surface area contributed by atoms with Gasteiger partial charge in [0.05, 0.1) is 12.0 Å². The fourth-order valence-electron chi connectivity index (χ4n) is 1.81. The summed E-state index contributed by atoms with van der Waals surface area (Å²) < 4.78 is 4.96. The molecule has 1 atom stereocenters. The molecule has 0 aromatic heterocycles. The largest absolute Gasteiger partial charge is 0.490 e. The van der Waals surface area contributed by atoms with E-state index < -0.39 is 4.92 Å². The Labute approximate surface area is 104 Å². The Kier molecular flexibility index (Phi) is 3.73. The van der Waals surface area contributed by atoms with E-state index in [1.54, 1.807) is 6.07 Å². The van der Waals surface area contributed by atoms with Crippen LogP contribution in [0.15, 0.2) is 18.2 Å². The predicted octanol–water partition coefficient (Wildman–Crippen LogP) is 2.52. The van der Waals surface area contributed by atoms with E-state index in [-0.39, 0.29) is 5.69 Å². The third-order valence-corrected chi connectivity index (χ3v) is 3.84. The zero-order valence-electron chi connectivity index (χ0n) is 9.51. The van der Waals surface area contributed by atoms with Crippen molar-refractivity contribution < 1.29 is 9.66 Å². The van der Waals surface area contributed by atoms with Gasteiger partial charge in [-0.3, -0.25) is 10.1 Å². The van der Waals surface area contributed by atoms with Crippen molar-refractivity contribution in [2.75, 3.05) is 23.9 Å². The molecule has 92 valence electrons. The number of hydrogen-bond donors (Lipinski definition) is 1. The topological polar surface area (TPSA) is 64.4 Å². The van der Waals surface area contributed by atoms with Gasteiger partial charge in [-0.2, -0.15) is 11.8 Å². The van der Waals surface area contributed by atoms with Crippen LogP contribution >= 0.6 is 11.8 Å². The monoisotopic (exact) mass is 254 g/mol. The molecule has 1 aromatic carbocycles. The minimum atomic E-state index is -0.423. The third-order valence-electron chi connectivity index (χ3n) is 2.68. The van der Waals surface area contributed by atoms with E-state index in [1.807, 2.05) is 17.8 Å². The second kappa shape index (κ2) is 5.27. The summed E-state index contributed by atoms with van der Waals surface area (Å²) in [5, 5.41) is 14.2. The van der Waals surface area contributed by atoms with Gasteiger partial charge in [0.1, 0.15) is 0 Å². The van der Waals surface area contributed by atoms with Crippen molar-refractivity contribution in [1.82, 2.24) is 0 Å². The van der Waals surface area contributed by atoms with Crippen LogP contribution in [0, 0.1) is 10.1 Å². The molecule has 0 saturated carbocycles. The van der Waals surface area contributed by atoms with Crippen LogP contribution in [-0.2, 0) is 0 Å². The number of rotatable bonds is 4. The highest BCUT2D eigenvalue weighted by Crippen LogP contribution is 2.31. The first kappa shape index (κ1) is 12.0. The maximum atomic E-state index is 10.9. The highest BCUT2D eigenvalue weighted by atomic mass is 32.2. The smallest absolute Gasteiger partial charge is 0.312 e. The molecule has 1 N–H and O–H groups in total. The number of methoxy groups -OCH3 is 1. The zero-order valence-corrected chi connectivity index (χ0v) is 10.3. The molecular formula is C11H14N2O3S. The molecule has 0 bridgehead atoms. The normalized spacial score (nSPS) is 19.0. The minimum absolute atomic E-state index is 0.00292. The summed E-state index contributed by atoms with van der Waals surface area (Å²) in [5.74, 6) is 2.50. The molecule has 0 aliphatic carbocycles. The van der Waals surface area contributed by atoms with Crippen LogP contribution in [0.5, 0.6) is 5.75 Å². The first-order chi connectivity index (χ1) is 8.20. The van der Waals surface area contributed by atoms with E-state index >= 15 is 0 Å². The molecule has 0 spiro atoms. The van der Waals surface area contributed by atoms with E-state index in [0.717, 1.165) is 23.6 Å². The van der Waals surface area contributed by atoms with Gasteiger partial charge in [0, 0.05) is 23.5 Å². The number of ether oxygens (including phenoxy) is 1. The number of anilines is 1. The van der Waals surface area contributed by atoms with Crippen LogP contribution in [0.2, 0.25) is 0 Å². The molecule has 1 saturated heterocycles. The maximum Gasteiger partial charge on any atom is 0.312 e. The van der Waals surface area contributed by atoms with Gasteiger partial charge in [-0.15, -0.1) is 0 Å². The van der Waals surface area contributed by atoms with Gasteiger partial charge < -0.3 is 10.1 Å². The lowest BCUT2D eigenvalue weighted by atomic mass is 10.2. The van der Waals surface area contributed by atoms with Crippen LogP contribution in [0.3, 0.4) is 0 Å². The molecule has 1 fully saturated rings. The summed E-state index contributed by atoms with van der Waals surface area (Å²) in [6.45, 7) is 0. The Bertz CT molecular complexity index is 419. The first-order valence-electron chi connectivity index (χ1n) is 5.37. The summed E-state index contributed by atoms with van der Waals surface area (Å²) in [7, 11) is 1.43. The fourth-order valence-corrected chi connectivity index (χ4v) is 2.96. The number of thioether (sulfide) groups is 1. The molecule has 1 aliphatic heterocycles. The molecule has 1 aromatic rings. The van der Waals surface area contributed by atoms with Crippen molar-refractivity contribution in [2.24, 2.45) is 0 Å². The van der Waals surface area contributed by atoms with Gasteiger partial charge >= 0.3 is 5.69 Å². The van der Waals surface area contributed by atoms with Crippen molar-refractivity contribution in [2.45, 2.75) is 12.5 Å². The quantitative estimate of drug-likeness (QED) is 0.660. The fraction of sp³-hybridized carbons (Fsp3) is 0.455. The van der Waals surface area contributed by atoms with Gasteiger partial charge in [-0.1, -0.05) is 0 Å². The van der Waals surface area contributed by atoms with Crippen LogP contribution in [0.25, 0.3) is 0 Å². The lowest BCUT2D eigenvalue weighted by Gasteiger charge is -2.13. The molecule has 1 heterocycles. The lowest BCUT2D eigenvalue weighted by molar-refractivity contribution is -0.385. The van der Waals surface area contributed by atoms with Crippen LogP contribution in [-0.4, -0.2) is 29.6 Å². The van der Waals surface area contributed by atoms with Gasteiger partial charge in [-0.05, 0) is 24.3 Å². The third kappa shape index (κ3) is 2.82. The Morgan fingerprint density at radius 3 is 3.00 bits per heavy atom. The summed E-state index contributed by atoms with van der Waals surface area (Å²) in [4.78, 5) is 10.4. The number of nitro groups is 1. The highest BCUT2D eigenvalue weighted by Gasteiger charge is 2.18. The molecule has 17 heavy (non-hydrogen) atoms. The van der Waals surface area contributed by atoms with Gasteiger partial charge in [0.25, 0.3) is 0 Å². The highest BCUT2D eigenvalue weighted by molar-refractivity contribution is 7.99. The Hall–Kier alpha value is -1.43. The number of nitro benzene ring substituents is 1. The number of nitrogens with zero attached hydrogens (tertiary/aromatic N) is 1. The van der Waals surface area contributed by atoms with Crippen molar-refractivity contribution in [1.29, 1.82) is 0 Å². The Balaban J connectivity index is 2.17. The summed E-state index contributed by atoms with van der Waals surface area (Å²) in [6.07, 6.45) is 1.10. The molecule has 0 radical (unpaired) electrons. The molecule has 1 unspecified atom stereocenters. The van der Waals surface area contributed by atoms with Crippen LogP contribution in [0.4, 0.5) is 11.4 Å². The number of nitrogens with one attached hydrogen (secondary N) is 1. The molecule has 2 rings (SSSR count). The zero-order chi connectivity index (χ0) is 12.3. The molecule has 6 heteroatoms. The number of hydrogen-bond acceptors (Lipinski definition) is 5. The Morgan fingerprint density at radius 1 is 1.59 bits per heavy atom.